The molecule has 2 aliphatic rings. The van der Waals surface area contributed by atoms with E-state index in [-0.39, 0.29) is 30.9 Å². The number of hydrogen-bond acceptors (Lipinski definition) is 7. The number of fused-ring (bicyclic) bond motifs is 1. The van der Waals surface area contributed by atoms with E-state index >= 15 is 0 Å². The van der Waals surface area contributed by atoms with Gasteiger partial charge in [-0.3, -0.25) is 9.59 Å². The third-order valence-electron chi connectivity index (χ3n) is 6.94. The number of carboxylic acids is 1. The molecule has 2 saturated heterocycles. The number of rotatable bonds is 10. The lowest BCUT2D eigenvalue weighted by Crippen LogP contribution is -2.57. The number of likely N-dealkylation sites (tertiary alicyclic amines) is 1. The number of amides is 1. The summed E-state index contributed by atoms with van der Waals surface area (Å²) in [6.45, 7) is 4.44. The lowest BCUT2D eigenvalue weighted by atomic mass is 9.92. The number of carbonyl (C=O) groups excluding carboxylic acids is 2. The highest BCUT2D eigenvalue weighted by atomic mass is 32.2. The van der Waals surface area contributed by atoms with Gasteiger partial charge in [0.25, 0.3) is 0 Å². The van der Waals surface area contributed by atoms with Crippen molar-refractivity contribution in [3.05, 3.63) is 35.9 Å². The van der Waals surface area contributed by atoms with Gasteiger partial charge in [0.2, 0.25) is 15.9 Å². The molecule has 35 heavy (non-hydrogen) atoms. The van der Waals surface area contributed by atoms with Crippen molar-refractivity contribution in [1.82, 2.24) is 14.5 Å². The van der Waals surface area contributed by atoms with Crippen LogP contribution in [-0.4, -0.2) is 91.2 Å². The molecule has 1 amide bonds. The molecule has 0 radical (unpaired) electrons. The Balaban J connectivity index is 1.68. The summed E-state index contributed by atoms with van der Waals surface area (Å²) in [6.07, 6.45) is 2.36. The molecule has 2 fully saturated rings. The summed E-state index contributed by atoms with van der Waals surface area (Å²) < 4.78 is 30.7. The monoisotopic (exact) mass is 509 g/mol. The van der Waals surface area contributed by atoms with Crippen LogP contribution in [0.15, 0.2) is 30.3 Å². The summed E-state index contributed by atoms with van der Waals surface area (Å²) in [5.74, 6) is -2.35. The van der Waals surface area contributed by atoms with Crippen LogP contribution < -0.4 is 5.32 Å². The number of hydrogen-bond donors (Lipinski definition) is 2. The Morgan fingerprint density at radius 1 is 1.23 bits per heavy atom. The molecule has 3 rings (SSSR count). The quantitative estimate of drug-likeness (QED) is 0.447. The van der Waals surface area contributed by atoms with Gasteiger partial charge in [-0.1, -0.05) is 30.3 Å². The van der Waals surface area contributed by atoms with Gasteiger partial charge in [0.1, 0.15) is 6.04 Å². The summed E-state index contributed by atoms with van der Waals surface area (Å²) in [6, 6.07) is 7.10. The fraction of sp³-hybridized carbons (Fsp3) is 0.625. The minimum absolute atomic E-state index is 0.0588. The average Bonchev–Trinajstić information content (AvgIpc) is 3.20. The van der Waals surface area contributed by atoms with Crippen molar-refractivity contribution < 1.29 is 32.6 Å². The zero-order valence-electron chi connectivity index (χ0n) is 20.4. The Hall–Kier alpha value is -2.50. The van der Waals surface area contributed by atoms with Crippen LogP contribution in [0.4, 0.5) is 0 Å². The maximum atomic E-state index is 13.4. The van der Waals surface area contributed by atoms with E-state index in [9.17, 15) is 27.9 Å². The van der Waals surface area contributed by atoms with Crippen molar-refractivity contribution in [3.63, 3.8) is 0 Å². The number of nitrogens with zero attached hydrogens (tertiary/aromatic N) is 2. The highest BCUT2D eigenvalue weighted by molar-refractivity contribution is 7.88. The first-order chi connectivity index (χ1) is 16.5. The van der Waals surface area contributed by atoms with Crippen LogP contribution >= 0.6 is 0 Å². The second-order valence-corrected chi connectivity index (χ2v) is 11.2. The van der Waals surface area contributed by atoms with Crippen LogP contribution in [0.5, 0.6) is 0 Å². The Morgan fingerprint density at radius 3 is 2.51 bits per heavy atom. The molecule has 10 nitrogen and oxygen atoms in total. The van der Waals surface area contributed by atoms with Crippen molar-refractivity contribution in [2.75, 3.05) is 32.5 Å². The van der Waals surface area contributed by atoms with Gasteiger partial charge in [0, 0.05) is 19.1 Å². The molecular weight excluding hydrogens is 474 g/mol. The summed E-state index contributed by atoms with van der Waals surface area (Å²) in [7, 11) is -3.45. The van der Waals surface area contributed by atoms with Crippen LogP contribution in [0, 0.1) is 5.92 Å². The average molecular weight is 510 g/mol. The van der Waals surface area contributed by atoms with E-state index in [2.05, 4.69) is 5.32 Å². The van der Waals surface area contributed by atoms with Crippen LogP contribution in [0.2, 0.25) is 0 Å². The van der Waals surface area contributed by atoms with E-state index in [1.54, 1.807) is 13.8 Å². The van der Waals surface area contributed by atoms with Gasteiger partial charge in [-0.2, -0.15) is 0 Å². The molecule has 4 unspecified atom stereocenters. The molecule has 1 aromatic rings. The predicted molar refractivity (Wildman–Crippen MR) is 129 cm³/mol. The Labute approximate surface area is 206 Å². The van der Waals surface area contributed by atoms with Crippen LogP contribution in [-0.2, 0) is 29.1 Å². The fourth-order valence-corrected chi connectivity index (χ4v) is 5.98. The zero-order chi connectivity index (χ0) is 25.8. The largest absolute Gasteiger partial charge is 0.480 e. The minimum atomic E-state index is -3.45. The van der Waals surface area contributed by atoms with E-state index in [4.69, 9.17) is 4.74 Å². The lowest BCUT2D eigenvalue weighted by Gasteiger charge is -2.38. The highest BCUT2D eigenvalue weighted by Crippen LogP contribution is 2.37. The lowest BCUT2D eigenvalue weighted by molar-refractivity contribution is -0.150. The van der Waals surface area contributed by atoms with Crippen LogP contribution in [0.1, 0.15) is 44.6 Å². The molecule has 0 aliphatic carbocycles. The number of benzene rings is 1. The minimum Gasteiger partial charge on any atom is -0.480 e. The van der Waals surface area contributed by atoms with E-state index in [0.29, 0.717) is 32.4 Å². The predicted octanol–water partition coefficient (Wildman–Crippen LogP) is 1.04. The highest BCUT2D eigenvalue weighted by Gasteiger charge is 2.50. The third-order valence-corrected chi connectivity index (χ3v) is 8.21. The van der Waals surface area contributed by atoms with E-state index < -0.39 is 40.0 Å². The van der Waals surface area contributed by atoms with Crippen LogP contribution in [0.3, 0.4) is 0 Å². The maximum absolute atomic E-state index is 13.4. The Kier molecular flexibility index (Phi) is 8.89. The number of esters is 1. The van der Waals surface area contributed by atoms with Gasteiger partial charge in [0.05, 0.1) is 24.8 Å². The Bertz CT molecular complexity index is 1020. The van der Waals surface area contributed by atoms with Gasteiger partial charge >= 0.3 is 11.9 Å². The topological polar surface area (TPSA) is 133 Å². The standard InChI is InChI=1S/C24H35N3O7S/c1-4-34-24(31)19(17-8-6-5-7-9-17)10-12-25-16(2)22(28)27-20(23(29)30)14-18-11-13-26(15-21(18)27)35(3,32)33/h5-9,16,18-21,25H,4,10-15H2,1-3H3,(H,29,30)/t16-,18?,19?,20?,21?/m0/s1. The second-order valence-electron chi connectivity index (χ2n) is 9.25. The van der Waals surface area contributed by atoms with E-state index in [0.717, 1.165) is 11.8 Å². The number of aliphatic carboxylic acids is 1. The van der Waals surface area contributed by atoms with E-state index in [1.807, 2.05) is 30.3 Å². The Morgan fingerprint density at radius 2 is 1.91 bits per heavy atom. The van der Waals surface area contributed by atoms with Gasteiger partial charge < -0.3 is 20.1 Å². The summed E-state index contributed by atoms with van der Waals surface area (Å²) in [5, 5.41) is 12.9. The number of piperidine rings is 1. The molecule has 2 aliphatic heterocycles. The van der Waals surface area contributed by atoms with Crippen LogP contribution in [0.25, 0.3) is 0 Å². The molecule has 0 bridgehead atoms. The smallest absolute Gasteiger partial charge is 0.326 e. The number of carboxylic acid groups (broad SMARTS) is 1. The third kappa shape index (κ3) is 6.39. The molecule has 2 heterocycles. The van der Waals surface area contributed by atoms with Crippen molar-refractivity contribution in [1.29, 1.82) is 0 Å². The normalized spacial score (nSPS) is 24.4. The molecule has 1 aromatic carbocycles. The summed E-state index contributed by atoms with van der Waals surface area (Å²) in [4.78, 5) is 39.2. The van der Waals surface area contributed by atoms with Gasteiger partial charge in [-0.15, -0.1) is 0 Å². The van der Waals surface area contributed by atoms with Gasteiger partial charge in [0.15, 0.2) is 0 Å². The van der Waals surface area contributed by atoms with Crippen molar-refractivity contribution in [2.24, 2.45) is 5.92 Å². The first-order valence-electron chi connectivity index (χ1n) is 12.0. The molecule has 0 spiro atoms. The number of sulfonamides is 1. The zero-order valence-corrected chi connectivity index (χ0v) is 21.2. The molecule has 0 saturated carbocycles. The summed E-state index contributed by atoms with van der Waals surface area (Å²) >= 11 is 0. The summed E-state index contributed by atoms with van der Waals surface area (Å²) in [5.41, 5.74) is 0.822. The second kappa shape index (κ2) is 11.5. The fourth-order valence-electron chi connectivity index (χ4n) is 5.11. The van der Waals surface area contributed by atoms with Crippen molar-refractivity contribution >= 4 is 27.9 Å². The SMILES string of the molecule is CCOC(=O)C(CCN[C@@H](C)C(=O)N1C(C(=O)O)CC2CCN(S(C)(=O)=O)CC21)c1ccccc1. The van der Waals surface area contributed by atoms with Gasteiger partial charge in [-0.25, -0.2) is 17.5 Å². The number of ether oxygens (including phenoxy) is 1. The molecule has 2 N–H and O–H groups in total. The molecule has 194 valence electrons. The molecular formula is C24H35N3O7S. The first-order valence-corrected chi connectivity index (χ1v) is 13.8. The number of nitrogens with one attached hydrogen (secondary N) is 1. The molecule has 11 heteroatoms. The van der Waals surface area contributed by atoms with Crippen molar-refractivity contribution in [3.8, 4) is 0 Å². The van der Waals surface area contributed by atoms with E-state index in [1.165, 1.54) is 9.21 Å². The maximum Gasteiger partial charge on any atom is 0.326 e. The molecule has 0 aromatic heterocycles. The van der Waals surface area contributed by atoms with Crippen molar-refractivity contribution in [2.45, 2.75) is 57.2 Å². The molecule has 5 atom stereocenters. The number of carbonyl (C=O) groups is 3. The first kappa shape index (κ1) is 27.1. The van der Waals surface area contributed by atoms with Gasteiger partial charge in [-0.05, 0) is 51.1 Å².